The van der Waals surface area contributed by atoms with Crippen molar-refractivity contribution < 1.29 is 0 Å². The van der Waals surface area contributed by atoms with Crippen LogP contribution in [0.1, 0.15) is 18.2 Å². The third kappa shape index (κ3) is 0.998. The first-order chi connectivity index (χ1) is 5.81. The topological polar surface area (TPSA) is 17.3 Å². The van der Waals surface area contributed by atoms with E-state index in [0.717, 1.165) is 12.1 Å². The van der Waals surface area contributed by atoms with Crippen molar-refractivity contribution >= 4 is 5.65 Å². The zero-order valence-electron chi connectivity index (χ0n) is 7.41. The Hall–Kier alpha value is -1.31. The van der Waals surface area contributed by atoms with Gasteiger partial charge in [-0.3, -0.25) is 0 Å². The molecule has 0 unspecified atom stereocenters. The predicted octanol–water partition coefficient (Wildman–Crippen LogP) is 2.21. The number of aryl methyl sites for hydroxylation is 2. The second kappa shape index (κ2) is 2.63. The molecule has 0 spiro atoms. The highest BCUT2D eigenvalue weighted by molar-refractivity contribution is 5.41. The van der Waals surface area contributed by atoms with Crippen LogP contribution in [0.15, 0.2) is 24.5 Å². The summed E-state index contributed by atoms with van der Waals surface area (Å²) in [6.45, 7) is 4.23. The van der Waals surface area contributed by atoms with Crippen LogP contribution in [-0.2, 0) is 6.42 Å². The molecule has 0 amide bonds. The van der Waals surface area contributed by atoms with Crippen molar-refractivity contribution in [1.82, 2.24) is 9.38 Å². The standard InChI is InChI=1S/C10H12N2/c1-3-9-4-5-10-11-6-8(2)12(10)7-9/h4-7H,3H2,1-2H3. The maximum absolute atomic E-state index is 4.26. The van der Waals surface area contributed by atoms with Gasteiger partial charge in [0, 0.05) is 18.1 Å². The predicted molar refractivity (Wildman–Crippen MR) is 49.3 cm³/mol. The van der Waals surface area contributed by atoms with Crippen molar-refractivity contribution in [3.05, 3.63) is 35.8 Å². The molecule has 2 heterocycles. The number of aromatic nitrogens is 2. The Balaban J connectivity index is 2.71. The van der Waals surface area contributed by atoms with Crippen molar-refractivity contribution in [3.8, 4) is 0 Å². The van der Waals surface area contributed by atoms with Crippen LogP contribution < -0.4 is 0 Å². The van der Waals surface area contributed by atoms with Crippen molar-refractivity contribution in [3.63, 3.8) is 0 Å². The van der Waals surface area contributed by atoms with Gasteiger partial charge in [0.2, 0.25) is 0 Å². The highest BCUT2D eigenvalue weighted by Gasteiger charge is 1.97. The lowest BCUT2D eigenvalue weighted by molar-refractivity contribution is 1.04. The molecule has 0 atom stereocenters. The normalized spacial score (nSPS) is 10.8. The van der Waals surface area contributed by atoms with Crippen molar-refractivity contribution in [2.75, 3.05) is 0 Å². The zero-order chi connectivity index (χ0) is 8.55. The van der Waals surface area contributed by atoms with Gasteiger partial charge in [0.05, 0.1) is 0 Å². The smallest absolute Gasteiger partial charge is 0.136 e. The lowest BCUT2D eigenvalue weighted by atomic mass is 10.2. The molecule has 12 heavy (non-hydrogen) atoms. The van der Waals surface area contributed by atoms with E-state index in [1.54, 1.807) is 0 Å². The number of pyridine rings is 1. The van der Waals surface area contributed by atoms with E-state index in [0.29, 0.717) is 0 Å². The van der Waals surface area contributed by atoms with Gasteiger partial charge < -0.3 is 4.40 Å². The van der Waals surface area contributed by atoms with Crippen molar-refractivity contribution in [2.45, 2.75) is 20.3 Å². The van der Waals surface area contributed by atoms with Crippen LogP contribution in [0.4, 0.5) is 0 Å². The summed E-state index contributed by atoms with van der Waals surface area (Å²) in [6, 6.07) is 4.19. The largest absolute Gasteiger partial charge is 0.304 e. The Kier molecular flexibility index (Phi) is 1.61. The van der Waals surface area contributed by atoms with E-state index < -0.39 is 0 Å². The summed E-state index contributed by atoms with van der Waals surface area (Å²) in [5, 5.41) is 0. The molecular formula is C10H12N2. The number of hydrogen-bond donors (Lipinski definition) is 0. The molecule has 0 saturated carbocycles. The molecule has 0 bridgehead atoms. The average molecular weight is 160 g/mol. The van der Waals surface area contributed by atoms with Gasteiger partial charge in [-0.2, -0.15) is 0 Å². The summed E-state index contributed by atoms with van der Waals surface area (Å²) in [4.78, 5) is 4.26. The molecule has 0 radical (unpaired) electrons. The summed E-state index contributed by atoms with van der Waals surface area (Å²) in [7, 11) is 0. The van der Waals surface area contributed by atoms with Gasteiger partial charge in [-0.05, 0) is 25.0 Å². The fourth-order valence-corrected chi connectivity index (χ4v) is 1.36. The molecule has 0 saturated heterocycles. The number of imidazole rings is 1. The van der Waals surface area contributed by atoms with Crippen molar-refractivity contribution in [1.29, 1.82) is 0 Å². The van der Waals surface area contributed by atoms with Crippen LogP contribution in [0.3, 0.4) is 0 Å². The first kappa shape index (κ1) is 7.35. The number of nitrogens with zero attached hydrogens (tertiary/aromatic N) is 2. The summed E-state index contributed by atoms with van der Waals surface area (Å²) in [5.41, 5.74) is 3.58. The van der Waals surface area contributed by atoms with Gasteiger partial charge >= 0.3 is 0 Å². The van der Waals surface area contributed by atoms with Crippen LogP contribution in [-0.4, -0.2) is 9.38 Å². The summed E-state index contributed by atoms with van der Waals surface area (Å²) < 4.78 is 2.12. The highest BCUT2D eigenvalue weighted by Crippen LogP contribution is 2.08. The fraction of sp³-hybridized carbons (Fsp3) is 0.300. The van der Waals surface area contributed by atoms with Crippen LogP contribution in [0, 0.1) is 6.92 Å². The Morgan fingerprint density at radius 3 is 3.00 bits per heavy atom. The molecule has 62 valence electrons. The maximum Gasteiger partial charge on any atom is 0.136 e. The van der Waals surface area contributed by atoms with E-state index >= 15 is 0 Å². The number of hydrogen-bond acceptors (Lipinski definition) is 1. The first-order valence-electron chi connectivity index (χ1n) is 4.24. The van der Waals surface area contributed by atoms with Gasteiger partial charge in [0.1, 0.15) is 5.65 Å². The Morgan fingerprint density at radius 1 is 1.42 bits per heavy atom. The average Bonchev–Trinajstić information content (AvgIpc) is 2.47. The quantitative estimate of drug-likeness (QED) is 0.625. The molecule has 0 aromatic carbocycles. The second-order valence-electron chi connectivity index (χ2n) is 3.02. The van der Waals surface area contributed by atoms with Crippen LogP contribution in [0.5, 0.6) is 0 Å². The van der Waals surface area contributed by atoms with E-state index in [1.807, 2.05) is 6.20 Å². The summed E-state index contributed by atoms with van der Waals surface area (Å²) in [6.07, 6.45) is 5.12. The molecule has 0 aliphatic rings. The molecule has 2 rings (SSSR count). The van der Waals surface area contributed by atoms with Crippen LogP contribution >= 0.6 is 0 Å². The molecular weight excluding hydrogens is 148 g/mol. The molecule has 0 aliphatic carbocycles. The lowest BCUT2D eigenvalue weighted by Crippen LogP contribution is -1.89. The van der Waals surface area contributed by atoms with Gasteiger partial charge in [0.15, 0.2) is 0 Å². The molecule has 2 heteroatoms. The van der Waals surface area contributed by atoms with E-state index in [-0.39, 0.29) is 0 Å². The number of rotatable bonds is 1. The highest BCUT2D eigenvalue weighted by atomic mass is 15.0. The van der Waals surface area contributed by atoms with Crippen LogP contribution in [0.25, 0.3) is 5.65 Å². The number of fused-ring (bicyclic) bond motifs is 1. The molecule has 0 fully saturated rings. The second-order valence-corrected chi connectivity index (χ2v) is 3.02. The van der Waals surface area contributed by atoms with Crippen LogP contribution in [0.2, 0.25) is 0 Å². The molecule has 2 aromatic rings. The monoisotopic (exact) mass is 160 g/mol. The van der Waals surface area contributed by atoms with Gasteiger partial charge in [-0.25, -0.2) is 4.98 Å². The minimum atomic E-state index is 1.03. The Labute approximate surface area is 71.9 Å². The Bertz CT molecular complexity index is 401. The van der Waals surface area contributed by atoms with E-state index in [9.17, 15) is 0 Å². The fourth-order valence-electron chi connectivity index (χ4n) is 1.36. The molecule has 2 nitrogen and oxygen atoms in total. The van der Waals surface area contributed by atoms with Gasteiger partial charge in [0.25, 0.3) is 0 Å². The lowest BCUT2D eigenvalue weighted by Gasteiger charge is -1.99. The van der Waals surface area contributed by atoms with Gasteiger partial charge in [-0.1, -0.05) is 13.0 Å². The maximum atomic E-state index is 4.26. The minimum absolute atomic E-state index is 1.03. The minimum Gasteiger partial charge on any atom is -0.304 e. The molecule has 2 aromatic heterocycles. The van der Waals surface area contributed by atoms with Gasteiger partial charge in [-0.15, -0.1) is 0 Å². The molecule has 0 aliphatic heterocycles. The SMILES string of the molecule is CCc1ccc2ncc(C)n2c1. The molecule has 0 N–H and O–H groups in total. The summed E-state index contributed by atoms with van der Waals surface area (Å²) >= 11 is 0. The van der Waals surface area contributed by atoms with Crippen molar-refractivity contribution in [2.24, 2.45) is 0 Å². The zero-order valence-corrected chi connectivity index (χ0v) is 7.41. The third-order valence-corrected chi connectivity index (χ3v) is 2.16. The Morgan fingerprint density at radius 2 is 2.25 bits per heavy atom. The third-order valence-electron chi connectivity index (χ3n) is 2.16. The first-order valence-corrected chi connectivity index (χ1v) is 4.24. The van der Waals surface area contributed by atoms with E-state index in [1.165, 1.54) is 11.3 Å². The van der Waals surface area contributed by atoms with E-state index in [4.69, 9.17) is 0 Å². The summed E-state index contributed by atoms with van der Waals surface area (Å²) in [5.74, 6) is 0. The van der Waals surface area contributed by atoms with E-state index in [2.05, 4.69) is 41.6 Å².